The first-order chi connectivity index (χ1) is 5.70. The topological polar surface area (TPSA) is 26.3 Å². The van der Waals surface area contributed by atoms with E-state index in [9.17, 15) is 4.79 Å². The molecule has 0 unspecified atom stereocenters. The molecule has 0 aliphatic heterocycles. The quantitative estimate of drug-likeness (QED) is 0.626. The second kappa shape index (κ2) is 3.90. The van der Waals surface area contributed by atoms with Crippen molar-refractivity contribution in [3.63, 3.8) is 0 Å². The lowest BCUT2D eigenvalue weighted by Crippen LogP contribution is -2.05. The maximum Gasteiger partial charge on any atom is 0.338 e. The average molecular weight is 163 g/mol. The maximum absolute atomic E-state index is 11.2. The number of carbonyl (C=O) groups is 1. The first kappa shape index (κ1) is 8.78. The summed E-state index contributed by atoms with van der Waals surface area (Å²) < 4.78 is 4.91. The summed E-state index contributed by atoms with van der Waals surface area (Å²) in [6.07, 6.45) is 0.656. The van der Waals surface area contributed by atoms with Gasteiger partial charge in [0.25, 0.3) is 0 Å². The van der Waals surface area contributed by atoms with Crippen LogP contribution < -0.4 is 0 Å². The third kappa shape index (κ3) is 2.38. The van der Waals surface area contributed by atoms with E-state index in [2.05, 4.69) is 0 Å². The van der Waals surface area contributed by atoms with Gasteiger partial charge in [-0.05, 0) is 26.0 Å². The van der Waals surface area contributed by atoms with Crippen molar-refractivity contribution in [2.24, 2.45) is 0 Å². The Hall–Kier alpha value is -1.31. The normalized spacial score (nSPS) is 9.92. The standard InChI is InChI=1S/C10H11O2/c1-8(2)12-10(11)9-6-4-3-5-7-9/h3-7H,1-2H3. The van der Waals surface area contributed by atoms with E-state index in [0.29, 0.717) is 11.7 Å². The molecule has 0 fully saturated rings. The molecule has 0 saturated heterocycles. The Kier molecular flexibility index (Phi) is 2.86. The number of esters is 1. The van der Waals surface area contributed by atoms with Gasteiger partial charge in [-0.2, -0.15) is 0 Å². The highest BCUT2D eigenvalue weighted by molar-refractivity contribution is 5.89. The van der Waals surface area contributed by atoms with Gasteiger partial charge in [0.15, 0.2) is 0 Å². The lowest BCUT2D eigenvalue weighted by molar-refractivity contribution is 0.0546. The van der Waals surface area contributed by atoms with Crippen molar-refractivity contribution in [1.82, 2.24) is 0 Å². The summed E-state index contributed by atoms with van der Waals surface area (Å²) in [6, 6.07) is 8.93. The highest BCUT2D eigenvalue weighted by Crippen LogP contribution is 2.06. The zero-order valence-corrected chi connectivity index (χ0v) is 7.20. The van der Waals surface area contributed by atoms with Crippen LogP contribution in [0.3, 0.4) is 0 Å². The van der Waals surface area contributed by atoms with E-state index >= 15 is 0 Å². The van der Waals surface area contributed by atoms with Gasteiger partial charge in [-0.1, -0.05) is 18.2 Å². The first-order valence-electron chi connectivity index (χ1n) is 3.77. The molecular formula is C10H11O2. The second-order valence-electron chi connectivity index (χ2n) is 2.66. The Labute approximate surface area is 72.2 Å². The molecule has 0 aliphatic rings. The van der Waals surface area contributed by atoms with Crippen LogP contribution in [0.1, 0.15) is 24.2 Å². The van der Waals surface area contributed by atoms with Gasteiger partial charge in [0.1, 0.15) is 6.10 Å². The summed E-state index contributed by atoms with van der Waals surface area (Å²) in [4.78, 5) is 11.2. The Morgan fingerprint density at radius 3 is 2.25 bits per heavy atom. The van der Waals surface area contributed by atoms with Crippen LogP contribution in [0.5, 0.6) is 0 Å². The van der Waals surface area contributed by atoms with Crippen LogP contribution in [0, 0.1) is 6.10 Å². The number of hydrogen-bond donors (Lipinski definition) is 0. The minimum Gasteiger partial charge on any atom is -0.452 e. The molecule has 0 aliphatic carbocycles. The molecule has 2 nitrogen and oxygen atoms in total. The largest absolute Gasteiger partial charge is 0.452 e. The second-order valence-corrected chi connectivity index (χ2v) is 2.66. The Balaban J connectivity index is 2.66. The third-order valence-electron chi connectivity index (χ3n) is 1.31. The fraction of sp³-hybridized carbons (Fsp3) is 0.200. The van der Waals surface area contributed by atoms with E-state index in [1.165, 1.54) is 0 Å². The molecule has 0 spiro atoms. The van der Waals surface area contributed by atoms with E-state index in [4.69, 9.17) is 4.74 Å². The first-order valence-corrected chi connectivity index (χ1v) is 3.77. The molecule has 1 aromatic rings. The SMILES string of the molecule is C[C](C)OC(=O)c1ccccc1. The summed E-state index contributed by atoms with van der Waals surface area (Å²) in [5, 5.41) is 0. The fourth-order valence-electron chi connectivity index (χ4n) is 0.819. The predicted octanol–water partition coefficient (Wildman–Crippen LogP) is 2.42. The molecule has 63 valence electrons. The summed E-state index contributed by atoms with van der Waals surface area (Å²) in [7, 11) is 0. The molecule has 2 heteroatoms. The lowest BCUT2D eigenvalue weighted by atomic mass is 10.2. The number of ether oxygens (including phenoxy) is 1. The lowest BCUT2D eigenvalue weighted by Gasteiger charge is -2.05. The number of hydrogen-bond acceptors (Lipinski definition) is 2. The van der Waals surface area contributed by atoms with Gasteiger partial charge in [0.2, 0.25) is 0 Å². The van der Waals surface area contributed by atoms with Gasteiger partial charge < -0.3 is 4.74 Å². The van der Waals surface area contributed by atoms with E-state index in [0.717, 1.165) is 0 Å². The van der Waals surface area contributed by atoms with Crippen LogP contribution in [0.2, 0.25) is 0 Å². The molecule has 0 atom stereocenters. The smallest absolute Gasteiger partial charge is 0.338 e. The van der Waals surface area contributed by atoms with Crippen molar-refractivity contribution in [3.05, 3.63) is 42.0 Å². The molecular weight excluding hydrogens is 152 g/mol. The van der Waals surface area contributed by atoms with Crippen molar-refractivity contribution in [1.29, 1.82) is 0 Å². The van der Waals surface area contributed by atoms with E-state index in [1.54, 1.807) is 26.0 Å². The minimum atomic E-state index is -0.296. The number of rotatable bonds is 2. The molecule has 12 heavy (non-hydrogen) atoms. The third-order valence-corrected chi connectivity index (χ3v) is 1.31. The van der Waals surface area contributed by atoms with E-state index < -0.39 is 0 Å². The van der Waals surface area contributed by atoms with Crippen LogP contribution >= 0.6 is 0 Å². The molecule has 0 bridgehead atoms. The molecule has 0 N–H and O–H groups in total. The zero-order valence-electron chi connectivity index (χ0n) is 7.20. The van der Waals surface area contributed by atoms with Crippen molar-refractivity contribution in [2.45, 2.75) is 13.8 Å². The monoisotopic (exact) mass is 163 g/mol. The van der Waals surface area contributed by atoms with Crippen LogP contribution in [0.4, 0.5) is 0 Å². The van der Waals surface area contributed by atoms with Crippen molar-refractivity contribution < 1.29 is 9.53 Å². The number of carbonyl (C=O) groups excluding carboxylic acids is 1. The molecule has 0 amide bonds. The van der Waals surface area contributed by atoms with Crippen LogP contribution in [0.15, 0.2) is 30.3 Å². The van der Waals surface area contributed by atoms with Crippen LogP contribution in [-0.4, -0.2) is 5.97 Å². The maximum atomic E-state index is 11.2. The van der Waals surface area contributed by atoms with Crippen LogP contribution in [-0.2, 0) is 4.74 Å². The molecule has 1 aromatic carbocycles. The molecule has 0 aromatic heterocycles. The molecule has 0 saturated carbocycles. The highest BCUT2D eigenvalue weighted by atomic mass is 16.5. The summed E-state index contributed by atoms with van der Waals surface area (Å²) in [5.74, 6) is -0.296. The van der Waals surface area contributed by atoms with Gasteiger partial charge in [-0.25, -0.2) is 4.79 Å². The summed E-state index contributed by atoms with van der Waals surface area (Å²) in [5.41, 5.74) is 0.582. The minimum absolute atomic E-state index is 0.296. The highest BCUT2D eigenvalue weighted by Gasteiger charge is 2.07. The zero-order chi connectivity index (χ0) is 8.97. The van der Waals surface area contributed by atoms with Gasteiger partial charge in [-0.3, -0.25) is 0 Å². The van der Waals surface area contributed by atoms with Gasteiger partial charge in [0, 0.05) is 0 Å². The number of benzene rings is 1. The van der Waals surface area contributed by atoms with E-state index in [1.807, 2.05) is 18.2 Å². The molecule has 1 radical (unpaired) electrons. The Morgan fingerprint density at radius 2 is 1.75 bits per heavy atom. The van der Waals surface area contributed by atoms with E-state index in [-0.39, 0.29) is 5.97 Å². The molecule has 1 rings (SSSR count). The Morgan fingerprint density at radius 1 is 1.17 bits per heavy atom. The summed E-state index contributed by atoms with van der Waals surface area (Å²) >= 11 is 0. The molecule has 0 heterocycles. The van der Waals surface area contributed by atoms with Gasteiger partial charge in [0.05, 0.1) is 5.56 Å². The fourth-order valence-corrected chi connectivity index (χ4v) is 0.819. The van der Waals surface area contributed by atoms with Gasteiger partial charge >= 0.3 is 5.97 Å². The average Bonchev–Trinajstić information content (AvgIpc) is 2.05. The van der Waals surface area contributed by atoms with Crippen molar-refractivity contribution in [3.8, 4) is 0 Å². The van der Waals surface area contributed by atoms with Gasteiger partial charge in [-0.15, -0.1) is 0 Å². The predicted molar refractivity (Wildman–Crippen MR) is 46.4 cm³/mol. The summed E-state index contributed by atoms with van der Waals surface area (Å²) in [6.45, 7) is 3.50. The van der Waals surface area contributed by atoms with Crippen molar-refractivity contribution in [2.75, 3.05) is 0 Å². The van der Waals surface area contributed by atoms with Crippen molar-refractivity contribution >= 4 is 5.97 Å². The van der Waals surface area contributed by atoms with Crippen LogP contribution in [0.25, 0.3) is 0 Å². The Bertz CT molecular complexity index is 252.